The van der Waals surface area contributed by atoms with Crippen LogP contribution in [0.4, 0.5) is 0 Å². The second-order valence-corrected chi connectivity index (χ2v) is 5.95. The maximum absolute atomic E-state index is 11.6. The SMILES string of the molecule is CNC(=O)C(C)(C)CNCC(O)COc1cccc(Cl)c1. The maximum atomic E-state index is 11.6. The fraction of sp³-hybridized carbons (Fsp3) is 0.533. The van der Waals surface area contributed by atoms with Crippen molar-refractivity contribution in [2.45, 2.75) is 20.0 Å². The fourth-order valence-corrected chi connectivity index (χ4v) is 1.96. The lowest BCUT2D eigenvalue weighted by molar-refractivity contribution is -0.128. The molecule has 0 aromatic heterocycles. The third kappa shape index (κ3) is 6.33. The number of hydrogen-bond donors (Lipinski definition) is 3. The van der Waals surface area contributed by atoms with Gasteiger partial charge in [-0.3, -0.25) is 4.79 Å². The molecule has 0 aliphatic rings. The lowest BCUT2D eigenvalue weighted by Gasteiger charge is -2.23. The zero-order chi connectivity index (χ0) is 15.9. The number of nitrogens with one attached hydrogen (secondary N) is 2. The topological polar surface area (TPSA) is 70.6 Å². The van der Waals surface area contributed by atoms with Gasteiger partial charge < -0.3 is 20.5 Å². The summed E-state index contributed by atoms with van der Waals surface area (Å²) >= 11 is 5.84. The fourth-order valence-electron chi connectivity index (χ4n) is 1.78. The molecule has 118 valence electrons. The number of benzene rings is 1. The van der Waals surface area contributed by atoms with Crippen molar-refractivity contribution in [3.8, 4) is 5.75 Å². The minimum Gasteiger partial charge on any atom is -0.491 e. The highest BCUT2D eigenvalue weighted by molar-refractivity contribution is 6.30. The molecule has 21 heavy (non-hydrogen) atoms. The van der Waals surface area contributed by atoms with Crippen LogP contribution in [0.3, 0.4) is 0 Å². The summed E-state index contributed by atoms with van der Waals surface area (Å²) in [6.07, 6.45) is -0.663. The summed E-state index contributed by atoms with van der Waals surface area (Å²) in [5, 5.41) is 16.1. The van der Waals surface area contributed by atoms with Gasteiger partial charge in [-0.15, -0.1) is 0 Å². The van der Waals surface area contributed by atoms with Crippen molar-refractivity contribution >= 4 is 17.5 Å². The van der Waals surface area contributed by atoms with E-state index in [2.05, 4.69) is 10.6 Å². The Bertz CT molecular complexity index is 466. The van der Waals surface area contributed by atoms with Crippen LogP contribution in [0, 0.1) is 5.41 Å². The van der Waals surface area contributed by atoms with Gasteiger partial charge in [-0.1, -0.05) is 17.7 Å². The van der Waals surface area contributed by atoms with Crippen molar-refractivity contribution in [2.75, 3.05) is 26.7 Å². The van der Waals surface area contributed by atoms with E-state index in [4.69, 9.17) is 16.3 Å². The van der Waals surface area contributed by atoms with Crippen LogP contribution < -0.4 is 15.4 Å². The normalized spacial score (nSPS) is 12.8. The molecular formula is C15H23ClN2O3. The highest BCUT2D eigenvalue weighted by Gasteiger charge is 2.26. The van der Waals surface area contributed by atoms with Gasteiger partial charge in [-0.05, 0) is 32.0 Å². The van der Waals surface area contributed by atoms with Crippen molar-refractivity contribution in [2.24, 2.45) is 5.41 Å². The minimum atomic E-state index is -0.663. The summed E-state index contributed by atoms with van der Waals surface area (Å²) in [7, 11) is 1.61. The average Bonchev–Trinajstić information content (AvgIpc) is 2.44. The van der Waals surface area contributed by atoms with Gasteiger partial charge in [0, 0.05) is 25.2 Å². The Kier molecular flexibility index (Phi) is 6.95. The predicted octanol–water partition coefficient (Wildman–Crippen LogP) is 1.44. The van der Waals surface area contributed by atoms with Crippen molar-refractivity contribution < 1.29 is 14.6 Å². The lowest BCUT2D eigenvalue weighted by Crippen LogP contribution is -2.44. The molecule has 1 aromatic carbocycles. The molecule has 0 fully saturated rings. The van der Waals surface area contributed by atoms with Gasteiger partial charge in [-0.2, -0.15) is 0 Å². The Balaban J connectivity index is 2.28. The second kappa shape index (κ2) is 8.22. The molecule has 0 aliphatic heterocycles. The van der Waals surface area contributed by atoms with E-state index >= 15 is 0 Å². The first-order valence-corrected chi connectivity index (χ1v) is 7.22. The van der Waals surface area contributed by atoms with E-state index in [1.165, 1.54) is 0 Å². The van der Waals surface area contributed by atoms with E-state index in [0.29, 0.717) is 23.9 Å². The Labute approximate surface area is 130 Å². The van der Waals surface area contributed by atoms with E-state index in [-0.39, 0.29) is 12.5 Å². The number of aliphatic hydroxyl groups is 1. The van der Waals surface area contributed by atoms with E-state index in [9.17, 15) is 9.90 Å². The van der Waals surface area contributed by atoms with Crippen LogP contribution in [0.15, 0.2) is 24.3 Å². The van der Waals surface area contributed by atoms with E-state index in [1.54, 1.807) is 31.3 Å². The van der Waals surface area contributed by atoms with E-state index in [0.717, 1.165) is 0 Å². The molecule has 0 bridgehead atoms. The number of rotatable bonds is 8. The predicted molar refractivity (Wildman–Crippen MR) is 83.7 cm³/mol. The molecule has 1 atom stereocenters. The van der Waals surface area contributed by atoms with Crippen LogP contribution in [0.2, 0.25) is 5.02 Å². The van der Waals surface area contributed by atoms with Gasteiger partial charge in [0.15, 0.2) is 0 Å². The summed E-state index contributed by atoms with van der Waals surface area (Å²) in [6, 6.07) is 7.01. The molecule has 1 amide bonds. The molecule has 1 aromatic rings. The summed E-state index contributed by atoms with van der Waals surface area (Å²) in [6.45, 7) is 4.66. The first kappa shape index (κ1) is 17.8. The number of carbonyl (C=O) groups excluding carboxylic acids is 1. The molecule has 0 heterocycles. The molecule has 0 aliphatic carbocycles. The Morgan fingerprint density at radius 3 is 2.81 bits per heavy atom. The summed E-state index contributed by atoms with van der Waals surface area (Å²) in [5.74, 6) is 0.576. The highest BCUT2D eigenvalue weighted by Crippen LogP contribution is 2.17. The van der Waals surface area contributed by atoms with E-state index in [1.807, 2.05) is 13.8 Å². The Hall–Kier alpha value is -1.30. The van der Waals surface area contributed by atoms with Crippen LogP contribution in [0.5, 0.6) is 5.75 Å². The largest absolute Gasteiger partial charge is 0.491 e. The first-order valence-electron chi connectivity index (χ1n) is 6.84. The third-order valence-corrected chi connectivity index (χ3v) is 3.26. The standard InChI is InChI=1S/C15H23ClN2O3/c1-15(2,14(20)17-3)10-18-8-12(19)9-21-13-6-4-5-11(16)7-13/h4-7,12,18-19H,8-10H2,1-3H3,(H,17,20). The van der Waals surface area contributed by atoms with Crippen molar-refractivity contribution in [1.29, 1.82) is 0 Å². The van der Waals surface area contributed by atoms with Crippen LogP contribution in [0.25, 0.3) is 0 Å². The van der Waals surface area contributed by atoms with Crippen LogP contribution in [-0.2, 0) is 4.79 Å². The maximum Gasteiger partial charge on any atom is 0.226 e. The van der Waals surface area contributed by atoms with Crippen LogP contribution in [0.1, 0.15) is 13.8 Å². The van der Waals surface area contributed by atoms with Crippen LogP contribution in [-0.4, -0.2) is 43.9 Å². The first-order chi connectivity index (χ1) is 9.85. The molecule has 0 spiro atoms. The third-order valence-electron chi connectivity index (χ3n) is 3.03. The number of ether oxygens (including phenoxy) is 1. The summed E-state index contributed by atoms with van der Waals surface area (Å²) < 4.78 is 5.45. The average molecular weight is 315 g/mol. The van der Waals surface area contributed by atoms with Crippen molar-refractivity contribution in [3.05, 3.63) is 29.3 Å². The van der Waals surface area contributed by atoms with Crippen molar-refractivity contribution in [1.82, 2.24) is 10.6 Å². The Morgan fingerprint density at radius 1 is 1.48 bits per heavy atom. The van der Waals surface area contributed by atoms with Crippen molar-refractivity contribution in [3.63, 3.8) is 0 Å². The monoisotopic (exact) mass is 314 g/mol. The van der Waals surface area contributed by atoms with E-state index < -0.39 is 11.5 Å². The molecule has 0 radical (unpaired) electrons. The molecule has 1 rings (SSSR count). The van der Waals surface area contributed by atoms with Crippen LogP contribution >= 0.6 is 11.6 Å². The summed E-state index contributed by atoms with van der Waals surface area (Å²) in [4.78, 5) is 11.6. The Morgan fingerprint density at radius 2 is 2.19 bits per heavy atom. The quantitative estimate of drug-likeness (QED) is 0.679. The van der Waals surface area contributed by atoms with Gasteiger partial charge in [-0.25, -0.2) is 0 Å². The smallest absolute Gasteiger partial charge is 0.226 e. The number of halogens is 1. The number of amides is 1. The lowest BCUT2D eigenvalue weighted by atomic mass is 9.92. The van der Waals surface area contributed by atoms with Gasteiger partial charge in [0.05, 0.1) is 5.41 Å². The van der Waals surface area contributed by atoms with Gasteiger partial charge in [0.2, 0.25) is 5.91 Å². The molecule has 6 heteroatoms. The zero-order valence-corrected chi connectivity index (χ0v) is 13.4. The molecule has 1 unspecified atom stereocenters. The minimum absolute atomic E-state index is 0.0420. The van der Waals surface area contributed by atoms with Gasteiger partial charge >= 0.3 is 0 Å². The molecular weight excluding hydrogens is 292 g/mol. The second-order valence-electron chi connectivity index (χ2n) is 5.52. The zero-order valence-electron chi connectivity index (χ0n) is 12.6. The summed E-state index contributed by atoms with van der Waals surface area (Å²) in [5.41, 5.74) is -0.526. The molecule has 3 N–H and O–H groups in total. The molecule has 0 saturated carbocycles. The number of aliphatic hydroxyl groups excluding tert-OH is 1. The van der Waals surface area contributed by atoms with Gasteiger partial charge in [0.1, 0.15) is 18.5 Å². The molecule has 5 nitrogen and oxygen atoms in total. The number of carbonyl (C=O) groups is 1. The highest BCUT2D eigenvalue weighted by atomic mass is 35.5. The molecule has 0 saturated heterocycles. The van der Waals surface area contributed by atoms with Gasteiger partial charge in [0.25, 0.3) is 0 Å². The number of hydrogen-bond acceptors (Lipinski definition) is 4.